The number of nitrogens with zero attached hydrogens (tertiary/aromatic N) is 1. The Hall–Kier alpha value is -6.18. The van der Waals surface area contributed by atoms with Gasteiger partial charge < -0.3 is 4.90 Å². The van der Waals surface area contributed by atoms with Crippen molar-refractivity contribution in [1.82, 2.24) is 0 Å². The Morgan fingerprint density at radius 2 is 0.839 bits per heavy atom. The maximum Gasteiger partial charge on any atom is 0.0546 e. The monoisotopic (exact) mass is 719 g/mol. The lowest BCUT2D eigenvalue weighted by Crippen LogP contribution is -2.25. The molecule has 0 heterocycles. The molecular weight excluding hydrogens is 675 g/mol. The third-order valence-corrected chi connectivity index (χ3v) is 13.7. The molecule has 0 aliphatic heterocycles. The van der Waals surface area contributed by atoms with E-state index in [4.69, 9.17) is 0 Å². The molecule has 0 bridgehead atoms. The van der Waals surface area contributed by atoms with Crippen molar-refractivity contribution >= 4 is 27.8 Å². The average molecular weight is 720 g/mol. The van der Waals surface area contributed by atoms with Crippen LogP contribution in [-0.2, 0) is 16.2 Å². The summed E-state index contributed by atoms with van der Waals surface area (Å²) in [5.41, 5.74) is 22.1. The highest BCUT2D eigenvalue weighted by Crippen LogP contribution is 2.56. The van der Waals surface area contributed by atoms with E-state index in [0.29, 0.717) is 0 Å². The van der Waals surface area contributed by atoms with Crippen LogP contribution in [0.3, 0.4) is 0 Å². The SMILES string of the molecule is CC1(C)c2ccccc2-c2ccc(-c3ccc4c(c3)C(C)(C)c3cccc5ccc(N(c6ccccc6)c6ccc7c(c6)C(C)(C)c6ccccc6-7)c-4c35)cc21. The van der Waals surface area contributed by atoms with Crippen LogP contribution < -0.4 is 4.90 Å². The van der Waals surface area contributed by atoms with Gasteiger partial charge in [0.15, 0.2) is 0 Å². The van der Waals surface area contributed by atoms with Crippen molar-refractivity contribution in [3.8, 4) is 44.5 Å². The number of fused-ring (bicyclic) bond motifs is 8. The molecule has 1 heteroatoms. The molecule has 0 fully saturated rings. The molecule has 0 aromatic heterocycles. The Morgan fingerprint density at radius 3 is 1.50 bits per heavy atom. The minimum atomic E-state index is -0.205. The molecule has 56 heavy (non-hydrogen) atoms. The van der Waals surface area contributed by atoms with E-state index in [-0.39, 0.29) is 16.2 Å². The van der Waals surface area contributed by atoms with Gasteiger partial charge in [0, 0.05) is 33.2 Å². The zero-order valence-electron chi connectivity index (χ0n) is 33.0. The first kappa shape index (κ1) is 33.2. The first-order valence-corrected chi connectivity index (χ1v) is 20.1. The second kappa shape index (κ2) is 11.4. The molecular formula is C55H45N. The van der Waals surface area contributed by atoms with Gasteiger partial charge >= 0.3 is 0 Å². The molecule has 0 radical (unpaired) electrons. The van der Waals surface area contributed by atoms with Crippen LogP contribution in [0.2, 0.25) is 0 Å². The van der Waals surface area contributed by atoms with Crippen molar-refractivity contribution in [1.29, 1.82) is 0 Å². The standard InChI is InChI=1S/C55H45N/c1-53(2)44-20-12-10-18-39(44)41-27-23-35(31-47(41)53)36-24-28-43-48(32-36)55(5,6)46-22-14-15-34-25-30-50(52(43)51(34)46)56(37-16-8-7-9-17-37)38-26-29-42-40-19-11-13-21-45(40)54(3,4)49(42)33-38/h7-33H,1-6H3. The molecule has 0 amide bonds. The number of benzene rings is 8. The van der Waals surface area contributed by atoms with Crippen molar-refractivity contribution in [3.63, 3.8) is 0 Å². The van der Waals surface area contributed by atoms with E-state index >= 15 is 0 Å². The molecule has 0 spiro atoms. The van der Waals surface area contributed by atoms with Crippen molar-refractivity contribution in [2.75, 3.05) is 4.90 Å². The van der Waals surface area contributed by atoms with Gasteiger partial charge in [0.05, 0.1) is 5.69 Å². The van der Waals surface area contributed by atoms with Crippen LogP contribution in [0.15, 0.2) is 164 Å². The molecule has 270 valence electrons. The minimum Gasteiger partial charge on any atom is -0.310 e. The lowest BCUT2D eigenvalue weighted by Gasteiger charge is -2.38. The summed E-state index contributed by atoms with van der Waals surface area (Å²) in [7, 11) is 0. The summed E-state index contributed by atoms with van der Waals surface area (Å²) in [6.07, 6.45) is 0. The first-order valence-electron chi connectivity index (χ1n) is 20.1. The molecule has 0 atom stereocenters. The van der Waals surface area contributed by atoms with Crippen molar-refractivity contribution in [2.24, 2.45) is 0 Å². The third kappa shape index (κ3) is 4.43. The quantitative estimate of drug-likeness (QED) is 0.175. The highest BCUT2D eigenvalue weighted by Gasteiger charge is 2.39. The zero-order chi connectivity index (χ0) is 38.1. The van der Waals surface area contributed by atoms with Crippen molar-refractivity contribution in [2.45, 2.75) is 57.8 Å². The molecule has 3 aliphatic carbocycles. The highest BCUT2D eigenvalue weighted by atomic mass is 15.1. The maximum absolute atomic E-state index is 2.50. The van der Waals surface area contributed by atoms with Crippen LogP contribution in [-0.4, -0.2) is 0 Å². The molecule has 3 aliphatic rings. The van der Waals surface area contributed by atoms with Crippen LogP contribution in [0.25, 0.3) is 55.3 Å². The van der Waals surface area contributed by atoms with E-state index in [1.165, 1.54) is 100 Å². The van der Waals surface area contributed by atoms with Gasteiger partial charge in [-0.3, -0.25) is 0 Å². The number of rotatable bonds is 4. The van der Waals surface area contributed by atoms with E-state index in [1.54, 1.807) is 0 Å². The van der Waals surface area contributed by atoms with E-state index in [0.717, 1.165) is 5.69 Å². The smallest absolute Gasteiger partial charge is 0.0546 e. The molecule has 0 saturated heterocycles. The van der Waals surface area contributed by atoms with E-state index in [2.05, 4.69) is 210 Å². The van der Waals surface area contributed by atoms with Crippen molar-refractivity contribution < 1.29 is 0 Å². The van der Waals surface area contributed by atoms with E-state index < -0.39 is 0 Å². The summed E-state index contributed by atoms with van der Waals surface area (Å²) in [5.74, 6) is 0. The van der Waals surface area contributed by atoms with Crippen LogP contribution >= 0.6 is 0 Å². The Morgan fingerprint density at radius 1 is 0.339 bits per heavy atom. The van der Waals surface area contributed by atoms with Gasteiger partial charge in [-0.25, -0.2) is 0 Å². The second-order valence-electron chi connectivity index (χ2n) is 17.8. The Labute approximate surface area is 330 Å². The van der Waals surface area contributed by atoms with Gasteiger partial charge in [0.1, 0.15) is 0 Å². The fourth-order valence-electron chi connectivity index (χ4n) is 10.7. The maximum atomic E-state index is 2.50. The highest BCUT2D eigenvalue weighted by molar-refractivity contribution is 6.10. The second-order valence-corrected chi connectivity index (χ2v) is 17.8. The van der Waals surface area contributed by atoms with Gasteiger partial charge in [-0.05, 0) is 126 Å². The normalized spacial score (nSPS) is 15.8. The summed E-state index contributed by atoms with van der Waals surface area (Å²) >= 11 is 0. The molecule has 0 N–H and O–H groups in total. The molecule has 0 unspecified atom stereocenters. The first-order chi connectivity index (χ1) is 27.0. The van der Waals surface area contributed by atoms with Gasteiger partial charge in [0.2, 0.25) is 0 Å². The molecule has 0 saturated carbocycles. The minimum absolute atomic E-state index is 0.0463. The van der Waals surface area contributed by atoms with Crippen LogP contribution in [0.4, 0.5) is 17.1 Å². The van der Waals surface area contributed by atoms with Crippen LogP contribution in [0.1, 0.15) is 74.9 Å². The van der Waals surface area contributed by atoms with Gasteiger partial charge in [0.25, 0.3) is 0 Å². The van der Waals surface area contributed by atoms with Crippen molar-refractivity contribution in [3.05, 3.63) is 197 Å². The molecule has 1 nitrogen and oxygen atoms in total. The van der Waals surface area contributed by atoms with Crippen LogP contribution in [0.5, 0.6) is 0 Å². The predicted octanol–water partition coefficient (Wildman–Crippen LogP) is 14.9. The lowest BCUT2D eigenvalue weighted by molar-refractivity contribution is 0.645. The van der Waals surface area contributed by atoms with E-state index in [1.807, 2.05) is 0 Å². The van der Waals surface area contributed by atoms with Crippen LogP contribution in [0, 0.1) is 0 Å². The summed E-state index contributed by atoms with van der Waals surface area (Å²) in [5, 5.41) is 2.63. The largest absolute Gasteiger partial charge is 0.310 e. The average Bonchev–Trinajstić information content (AvgIpc) is 3.59. The number of hydrogen-bond donors (Lipinski definition) is 0. The zero-order valence-corrected chi connectivity index (χ0v) is 33.0. The summed E-state index contributed by atoms with van der Waals surface area (Å²) in [6, 6.07) is 61.9. The fourth-order valence-corrected chi connectivity index (χ4v) is 10.7. The van der Waals surface area contributed by atoms with E-state index in [9.17, 15) is 0 Å². The predicted molar refractivity (Wildman–Crippen MR) is 237 cm³/mol. The van der Waals surface area contributed by atoms with Gasteiger partial charge in [-0.2, -0.15) is 0 Å². The Bertz CT molecular complexity index is 2940. The lowest BCUT2D eigenvalue weighted by atomic mass is 9.67. The topological polar surface area (TPSA) is 3.24 Å². The number of hydrogen-bond acceptors (Lipinski definition) is 1. The molecule has 8 aromatic rings. The number of para-hydroxylation sites is 1. The number of anilines is 3. The fraction of sp³-hybridized carbons (Fsp3) is 0.164. The Kier molecular flexibility index (Phi) is 6.77. The molecule has 11 rings (SSSR count). The van der Waals surface area contributed by atoms with Gasteiger partial charge in [-0.15, -0.1) is 0 Å². The third-order valence-electron chi connectivity index (χ3n) is 13.7. The summed E-state index contributed by atoms with van der Waals surface area (Å²) < 4.78 is 0. The Balaban J connectivity index is 1.12. The summed E-state index contributed by atoms with van der Waals surface area (Å²) in [4.78, 5) is 2.50. The van der Waals surface area contributed by atoms with Gasteiger partial charge in [-0.1, -0.05) is 163 Å². The summed E-state index contributed by atoms with van der Waals surface area (Å²) in [6.45, 7) is 14.3. The molecule has 8 aromatic carbocycles.